The normalized spacial score (nSPS) is 21.5. The zero-order valence-corrected chi connectivity index (χ0v) is 17.8. The molecule has 3 unspecified atom stereocenters. The lowest BCUT2D eigenvalue weighted by Gasteiger charge is -2.43. The summed E-state index contributed by atoms with van der Waals surface area (Å²) in [5.41, 5.74) is 1.05. The van der Waals surface area contributed by atoms with Crippen LogP contribution in [0.25, 0.3) is 0 Å². The van der Waals surface area contributed by atoms with E-state index >= 15 is 0 Å². The van der Waals surface area contributed by atoms with Crippen LogP contribution in [0.4, 0.5) is 19.0 Å². The summed E-state index contributed by atoms with van der Waals surface area (Å²) in [5, 5.41) is 0. The molecule has 0 aliphatic carbocycles. The molecule has 162 valence electrons. The first-order chi connectivity index (χ1) is 14.1. The Bertz CT molecular complexity index is 934. The summed E-state index contributed by atoms with van der Waals surface area (Å²) in [6, 6.07) is 7.69. The van der Waals surface area contributed by atoms with Gasteiger partial charge in [0.05, 0.1) is 10.5 Å². The summed E-state index contributed by atoms with van der Waals surface area (Å²) in [6.45, 7) is 6.72. The van der Waals surface area contributed by atoms with Crippen molar-refractivity contribution in [2.24, 2.45) is 0 Å². The van der Waals surface area contributed by atoms with Crippen molar-refractivity contribution in [3.05, 3.63) is 53.2 Å². The Kier molecular flexibility index (Phi) is 6.62. The van der Waals surface area contributed by atoms with Gasteiger partial charge >= 0.3 is 6.18 Å². The summed E-state index contributed by atoms with van der Waals surface area (Å²) in [4.78, 5) is 17.5. The lowest BCUT2D eigenvalue weighted by molar-refractivity contribution is -0.137. The van der Waals surface area contributed by atoms with E-state index in [1.165, 1.54) is 6.07 Å². The van der Waals surface area contributed by atoms with Crippen LogP contribution < -0.4 is 4.90 Å². The van der Waals surface area contributed by atoms with Crippen LogP contribution in [0.1, 0.15) is 30.5 Å². The van der Waals surface area contributed by atoms with Crippen LogP contribution in [-0.4, -0.2) is 45.0 Å². The molecule has 9 heteroatoms. The van der Waals surface area contributed by atoms with Crippen molar-refractivity contribution in [3.63, 3.8) is 0 Å². The quantitative estimate of drug-likeness (QED) is 0.666. The number of halogens is 3. The lowest BCUT2D eigenvalue weighted by Crippen LogP contribution is -2.57. The Morgan fingerprint density at radius 1 is 1.17 bits per heavy atom. The molecular weight excluding hydrogens is 415 g/mol. The molecule has 30 heavy (non-hydrogen) atoms. The molecule has 0 radical (unpaired) electrons. The van der Waals surface area contributed by atoms with Crippen LogP contribution >= 0.6 is 0 Å². The number of alkyl halides is 3. The predicted molar refractivity (Wildman–Crippen MR) is 110 cm³/mol. The number of benzene rings is 1. The monoisotopic (exact) mass is 439 g/mol. The van der Waals surface area contributed by atoms with Gasteiger partial charge in [-0.2, -0.15) is 13.2 Å². The van der Waals surface area contributed by atoms with Crippen molar-refractivity contribution < 1.29 is 22.2 Å². The second-order valence-electron chi connectivity index (χ2n) is 7.56. The van der Waals surface area contributed by atoms with E-state index in [0.29, 0.717) is 23.8 Å². The Morgan fingerprint density at radius 2 is 1.90 bits per heavy atom. The highest BCUT2D eigenvalue weighted by atomic mass is 32.2. The number of carbonyl (C=O) groups is 1. The Hall–Kier alpha value is -2.26. The van der Waals surface area contributed by atoms with E-state index in [9.17, 15) is 22.2 Å². The van der Waals surface area contributed by atoms with Gasteiger partial charge in [0.25, 0.3) is 0 Å². The van der Waals surface area contributed by atoms with E-state index < -0.39 is 22.7 Å². The van der Waals surface area contributed by atoms with E-state index in [1.807, 2.05) is 36.0 Å². The highest BCUT2D eigenvalue weighted by molar-refractivity contribution is 7.82. The molecule has 3 rings (SSSR count). The van der Waals surface area contributed by atoms with Crippen molar-refractivity contribution in [2.45, 2.75) is 50.3 Å². The fraction of sp³-hybridized carbons (Fsp3) is 0.429. The second kappa shape index (κ2) is 8.85. The number of aromatic nitrogens is 1. The molecule has 2 heterocycles. The number of carbonyl (C=O) groups excluding carboxylic acids is 1. The molecule has 0 amide bonds. The van der Waals surface area contributed by atoms with Gasteiger partial charge in [-0.15, -0.1) is 0 Å². The summed E-state index contributed by atoms with van der Waals surface area (Å²) < 4.78 is 53.5. The fourth-order valence-electron chi connectivity index (χ4n) is 3.57. The number of hydrogen-bond donors (Lipinski definition) is 0. The third kappa shape index (κ3) is 4.73. The maximum absolute atomic E-state index is 13.2. The standard InChI is InChI=1S/C21H24F3N3O2S/c1-14-4-6-19(10-17(14)8-9-28)30(29)27-13-15(2)26(12-16(27)3)20-7-5-18(11-25-20)21(22,23)24/h4-7,9-11,15-16H,8,12-13H2,1-3H3. The maximum Gasteiger partial charge on any atom is 0.417 e. The lowest BCUT2D eigenvalue weighted by atomic mass is 10.1. The molecule has 3 atom stereocenters. The van der Waals surface area contributed by atoms with E-state index in [4.69, 9.17) is 0 Å². The van der Waals surface area contributed by atoms with Gasteiger partial charge in [-0.05, 0) is 56.2 Å². The van der Waals surface area contributed by atoms with Crippen LogP contribution in [0.15, 0.2) is 41.4 Å². The van der Waals surface area contributed by atoms with Gasteiger partial charge in [-0.3, -0.25) is 0 Å². The van der Waals surface area contributed by atoms with Gasteiger partial charge in [0.2, 0.25) is 0 Å². The van der Waals surface area contributed by atoms with Crippen LogP contribution in [-0.2, 0) is 28.4 Å². The molecule has 1 fully saturated rings. The van der Waals surface area contributed by atoms with Gasteiger partial charge in [0, 0.05) is 37.8 Å². The van der Waals surface area contributed by atoms with Gasteiger partial charge in [0.1, 0.15) is 23.1 Å². The number of nitrogens with zero attached hydrogens (tertiary/aromatic N) is 3. The smallest absolute Gasteiger partial charge is 0.351 e. The summed E-state index contributed by atoms with van der Waals surface area (Å²) in [5.74, 6) is 0.469. The predicted octanol–water partition coefficient (Wildman–Crippen LogP) is 3.77. The number of rotatable bonds is 5. The first kappa shape index (κ1) is 22.4. The average molecular weight is 440 g/mol. The first-order valence-electron chi connectivity index (χ1n) is 9.63. The minimum atomic E-state index is -4.42. The van der Waals surface area contributed by atoms with E-state index in [2.05, 4.69) is 4.98 Å². The van der Waals surface area contributed by atoms with Crippen molar-refractivity contribution in [1.82, 2.24) is 9.29 Å². The molecule has 0 saturated carbocycles. The zero-order chi connectivity index (χ0) is 22.1. The van der Waals surface area contributed by atoms with Crippen LogP contribution in [0.5, 0.6) is 0 Å². The topological polar surface area (TPSA) is 53.5 Å². The molecule has 1 aromatic heterocycles. The average Bonchev–Trinajstić information content (AvgIpc) is 2.70. The van der Waals surface area contributed by atoms with Crippen LogP contribution in [0.3, 0.4) is 0 Å². The van der Waals surface area contributed by atoms with Gasteiger partial charge in [-0.1, -0.05) is 6.07 Å². The third-order valence-electron chi connectivity index (χ3n) is 5.34. The fourth-order valence-corrected chi connectivity index (χ4v) is 5.01. The van der Waals surface area contributed by atoms with E-state index in [1.54, 1.807) is 12.1 Å². The minimum Gasteiger partial charge on any atom is -0.351 e. The maximum atomic E-state index is 13.2. The van der Waals surface area contributed by atoms with E-state index in [-0.39, 0.29) is 18.5 Å². The molecule has 0 bridgehead atoms. The highest BCUT2D eigenvalue weighted by Gasteiger charge is 2.35. The number of aryl methyl sites for hydroxylation is 1. The third-order valence-corrected chi connectivity index (χ3v) is 6.93. The number of anilines is 1. The highest BCUT2D eigenvalue weighted by Crippen LogP contribution is 2.31. The number of piperazine rings is 1. The Labute approximate surface area is 176 Å². The van der Waals surface area contributed by atoms with Crippen LogP contribution in [0.2, 0.25) is 0 Å². The SMILES string of the molecule is Cc1ccc(S(=O)N2CC(C)N(c3ccc(C(F)(F)F)cn3)CC2C)cc1CC=O. The minimum absolute atomic E-state index is 0.0886. The Balaban J connectivity index is 1.77. The molecule has 0 N–H and O–H groups in total. The number of aldehydes is 1. The molecule has 1 aromatic carbocycles. The van der Waals surface area contributed by atoms with Crippen molar-refractivity contribution >= 4 is 23.1 Å². The van der Waals surface area contributed by atoms with E-state index in [0.717, 1.165) is 29.7 Å². The molecule has 1 aliphatic heterocycles. The molecule has 1 saturated heterocycles. The van der Waals surface area contributed by atoms with Gasteiger partial charge in [0.15, 0.2) is 0 Å². The molecule has 5 nitrogen and oxygen atoms in total. The largest absolute Gasteiger partial charge is 0.417 e. The number of hydrogen-bond acceptors (Lipinski definition) is 4. The molecular formula is C21H24F3N3O2S. The van der Waals surface area contributed by atoms with Gasteiger partial charge < -0.3 is 9.69 Å². The molecule has 2 aromatic rings. The summed E-state index contributed by atoms with van der Waals surface area (Å²) >= 11 is 0. The first-order valence-corrected chi connectivity index (χ1v) is 10.7. The second-order valence-corrected chi connectivity index (χ2v) is 9.00. The summed E-state index contributed by atoms with van der Waals surface area (Å²) in [6.07, 6.45) is -2.47. The zero-order valence-electron chi connectivity index (χ0n) is 17.0. The van der Waals surface area contributed by atoms with Gasteiger partial charge in [-0.25, -0.2) is 13.5 Å². The van der Waals surface area contributed by atoms with Crippen LogP contribution in [0, 0.1) is 6.92 Å². The van der Waals surface area contributed by atoms with Crippen molar-refractivity contribution in [1.29, 1.82) is 0 Å². The van der Waals surface area contributed by atoms with Crippen molar-refractivity contribution in [2.75, 3.05) is 18.0 Å². The molecule has 0 spiro atoms. The Morgan fingerprint density at radius 3 is 2.50 bits per heavy atom. The van der Waals surface area contributed by atoms with Crippen molar-refractivity contribution in [3.8, 4) is 0 Å². The summed E-state index contributed by atoms with van der Waals surface area (Å²) in [7, 11) is -1.41. The number of pyridine rings is 1. The molecule has 1 aliphatic rings.